The standard InChI is InChI=1S/C40H7B19/c41-22-18(29(48)32(51)21-19(22)33(52)39(58)40(59)34(21)53)20-30(49)27(46)17(28(47)31(20)50)12-15-13(23(42)35(54)37(56)25(15)44)11(10-6-5-8-3-1-2-4-9(8)7-10)14-16(12)26(45)38(57)36(55)24(14)43/h1-7H. The molecule has 38 radical (unpaired) electrons. The van der Waals surface area contributed by atoms with Gasteiger partial charge in [0.15, 0.2) is 0 Å². The first kappa shape index (κ1) is 41.8. The third-order valence-corrected chi connectivity index (χ3v) is 11.5. The lowest BCUT2D eigenvalue weighted by Crippen LogP contribution is -2.53. The summed E-state index contributed by atoms with van der Waals surface area (Å²) >= 11 is 0. The van der Waals surface area contributed by atoms with Crippen molar-refractivity contribution in [3.63, 3.8) is 0 Å². The van der Waals surface area contributed by atoms with Gasteiger partial charge in [-0.1, -0.05) is 107 Å². The molecular formula is C40H7B19. The van der Waals surface area contributed by atoms with Crippen LogP contribution in [0.15, 0.2) is 42.5 Å². The molecule has 59 heavy (non-hydrogen) atoms. The van der Waals surface area contributed by atoms with Crippen molar-refractivity contribution in [3.05, 3.63) is 42.5 Å². The molecule has 0 unspecified atom stereocenters. The van der Waals surface area contributed by atoms with E-state index < -0.39 is 0 Å². The predicted octanol–water partition coefficient (Wildman–Crippen LogP) is -11.6. The summed E-state index contributed by atoms with van der Waals surface area (Å²) in [7, 11) is 127. The van der Waals surface area contributed by atoms with Crippen molar-refractivity contribution in [2.75, 3.05) is 0 Å². The summed E-state index contributed by atoms with van der Waals surface area (Å²) < 4.78 is 0. The molecule has 0 saturated carbocycles. The van der Waals surface area contributed by atoms with Gasteiger partial charge >= 0.3 is 0 Å². The topological polar surface area (TPSA) is 0 Å². The van der Waals surface area contributed by atoms with Gasteiger partial charge in [-0.05, 0) is 82.5 Å². The fourth-order valence-corrected chi connectivity index (χ4v) is 8.39. The van der Waals surface area contributed by atoms with E-state index in [2.05, 4.69) is 0 Å². The monoisotopic (exact) mass is 696 g/mol. The average Bonchev–Trinajstić information content (AvgIpc) is 3.22. The Morgan fingerprint density at radius 1 is 0.203 bits per heavy atom. The summed E-state index contributed by atoms with van der Waals surface area (Å²) in [6, 6.07) is 13.6. The average molecular weight is 693 g/mol. The number of benzene rings is 8. The zero-order valence-corrected chi connectivity index (χ0v) is 31.5. The maximum atomic E-state index is 7.07. The summed E-state index contributed by atoms with van der Waals surface area (Å²) in [5, 5.41) is 3.31. The minimum Gasteiger partial charge on any atom is -0.110 e. The van der Waals surface area contributed by atoms with Gasteiger partial charge in [-0.25, -0.2) is 0 Å². The fraction of sp³-hybridized carbons (Fsp3) is 0. The molecule has 8 aromatic carbocycles. The number of hydrogen-bond donors (Lipinski definition) is 0. The highest BCUT2D eigenvalue weighted by Crippen LogP contribution is 2.40. The molecule has 19 heteroatoms. The van der Waals surface area contributed by atoms with Crippen molar-refractivity contribution in [2.24, 2.45) is 0 Å². The highest BCUT2D eigenvalue weighted by Gasteiger charge is 2.28. The van der Waals surface area contributed by atoms with E-state index in [-0.39, 0.29) is 148 Å². The van der Waals surface area contributed by atoms with Crippen LogP contribution in [-0.2, 0) is 0 Å². The Balaban J connectivity index is 1.61. The maximum Gasteiger partial charge on any atom is 0.115 e. The first-order chi connectivity index (χ1) is 27.8. The summed E-state index contributed by atoms with van der Waals surface area (Å²) in [4.78, 5) is 0. The molecule has 0 amide bonds. The van der Waals surface area contributed by atoms with E-state index in [1.54, 1.807) is 0 Å². The molecular weight excluding hydrogens is 686 g/mol. The van der Waals surface area contributed by atoms with E-state index in [9.17, 15) is 0 Å². The second kappa shape index (κ2) is 14.6. The van der Waals surface area contributed by atoms with Crippen LogP contribution in [0.3, 0.4) is 0 Å². The predicted molar refractivity (Wildman–Crippen MR) is 275 cm³/mol. The van der Waals surface area contributed by atoms with E-state index in [0.717, 1.165) is 10.8 Å². The highest BCUT2D eigenvalue weighted by atomic mass is 14.3. The van der Waals surface area contributed by atoms with E-state index in [4.69, 9.17) is 149 Å². The third kappa shape index (κ3) is 5.71. The molecule has 0 N–H and O–H groups in total. The Kier molecular flexibility index (Phi) is 10.3. The van der Waals surface area contributed by atoms with Crippen molar-refractivity contribution in [2.45, 2.75) is 0 Å². The first-order valence-corrected chi connectivity index (χ1v) is 17.8. The molecule has 224 valence electrons. The SMILES string of the molecule is [B]c1c([B])c(-c2c3c([B])c([B])c([B])c([B])c3c(-c3ccc4ccccc4c3)c3c([B])c([B])c([B])c([B])c23)c([B])c([B])c1-c1c([B])c([B])c2c([B])c([B])c([B])c([B])c2c1[B]. The van der Waals surface area contributed by atoms with Gasteiger partial charge in [-0.2, -0.15) is 0 Å². The van der Waals surface area contributed by atoms with Crippen LogP contribution in [0.1, 0.15) is 0 Å². The Morgan fingerprint density at radius 2 is 0.492 bits per heavy atom. The molecule has 0 bridgehead atoms. The maximum absolute atomic E-state index is 7.07. The molecule has 0 fully saturated rings. The minimum absolute atomic E-state index is 0.000237. The number of hydrogen-bond acceptors (Lipinski definition) is 0. The van der Waals surface area contributed by atoms with Crippen LogP contribution in [0.25, 0.3) is 76.5 Å². The van der Waals surface area contributed by atoms with E-state index in [1.165, 1.54) is 0 Å². The smallest absolute Gasteiger partial charge is 0.110 e. The van der Waals surface area contributed by atoms with Gasteiger partial charge in [0.05, 0.1) is 0 Å². The first-order valence-electron chi connectivity index (χ1n) is 17.8. The lowest BCUT2D eigenvalue weighted by atomic mass is 9.55. The van der Waals surface area contributed by atoms with E-state index in [1.807, 2.05) is 42.5 Å². The zero-order valence-electron chi connectivity index (χ0n) is 31.5. The van der Waals surface area contributed by atoms with Gasteiger partial charge in [0, 0.05) is 0 Å². The molecule has 0 aliphatic rings. The lowest BCUT2D eigenvalue weighted by Gasteiger charge is -2.32. The van der Waals surface area contributed by atoms with Gasteiger partial charge in [0.25, 0.3) is 0 Å². The molecule has 0 saturated heterocycles. The Morgan fingerprint density at radius 3 is 0.915 bits per heavy atom. The van der Waals surface area contributed by atoms with Crippen molar-refractivity contribution >= 4 is 296 Å². The second-order valence-electron chi connectivity index (χ2n) is 14.5. The van der Waals surface area contributed by atoms with Crippen LogP contribution < -0.4 is 104 Å². The van der Waals surface area contributed by atoms with Crippen LogP contribution in [0.5, 0.6) is 0 Å². The van der Waals surface area contributed by atoms with Gasteiger partial charge in [-0.15, -0.1) is 32.8 Å². The Hall–Kier alpha value is -3.97. The van der Waals surface area contributed by atoms with Crippen LogP contribution in [0.4, 0.5) is 0 Å². The summed E-state index contributed by atoms with van der Waals surface area (Å²) in [6.45, 7) is 0. The summed E-state index contributed by atoms with van der Waals surface area (Å²) in [5.41, 5.74) is 0.797. The Bertz CT molecular complexity index is 3150. The highest BCUT2D eigenvalue weighted by molar-refractivity contribution is 6.75. The van der Waals surface area contributed by atoms with E-state index >= 15 is 0 Å². The van der Waals surface area contributed by atoms with E-state index in [0.29, 0.717) is 21.9 Å². The largest absolute Gasteiger partial charge is 0.115 e. The van der Waals surface area contributed by atoms with Crippen molar-refractivity contribution < 1.29 is 0 Å². The Labute approximate surface area is 369 Å². The molecule has 0 nitrogen and oxygen atoms in total. The second-order valence-corrected chi connectivity index (χ2v) is 14.5. The minimum atomic E-state index is -0.136. The zero-order chi connectivity index (χ0) is 43.0. The van der Waals surface area contributed by atoms with Gasteiger partial charge < -0.3 is 0 Å². The molecule has 8 aromatic rings. The molecule has 8 rings (SSSR count). The number of fused-ring (bicyclic) bond motifs is 4. The quantitative estimate of drug-likeness (QED) is 0.128. The fourth-order valence-electron chi connectivity index (χ4n) is 8.39. The molecule has 0 atom stereocenters. The van der Waals surface area contributed by atoms with Crippen molar-refractivity contribution in [3.8, 4) is 33.4 Å². The van der Waals surface area contributed by atoms with Crippen molar-refractivity contribution in [1.29, 1.82) is 0 Å². The molecule has 0 heterocycles. The normalized spacial score (nSPS) is 11.7. The molecule has 0 aromatic heterocycles. The lowest BCUT2D eigenvalue weighted by molar-refractivity contribution is 1.73. The van der Waals surface area contributed by atoms with Crippen molar-refractivity contribution in [1.82, 2.24) is 0 Å². The van der Waals surface area contributed by atoms with Gasteiger partial charge in [-0.3, -0.25) is 0 Å². The third-order valence-electron chi connectivity index (χ3n) is 11.5. The van der Waals surface area contributed by atoms with Crippen LogP contribution in [0, 0.1) is 0 Å². The molecule has 0 aliphatic heterocycles. The van der Waals surface area contributed by atoms with Gasteiger partial charge in [0.1, 0.15) is 149 Å². The number of rotatable bonds is 3. The van der Waals surface area contributed by atoms with Crippen LogP contribution >= 0.6 is 0 Å². The van der Waals surface area contributed by atoms with Crippen LogP contribution in [-0.4, -0.2) is 149 Å². The van der Waals surface area contributed by atoms with Gasteiger partial charge in [0.2, 0.25) is 0 Å². The summed E-state index contributed by atoms with van der Waals surface area (Å²) in [5.74, 6) is 0. The van der Waals surface area contributed by atoms with Crippen LogP contribution in [0.2, 0.25) is 0 Å². The molecule has 0 aliphatic carbocycles. The molecule has 0 spiro atoms. The summed E-state index contributed by atoms with van der Waals surface area (Å²) in [6.07, 6.45) is 0.